The van der Waals surface area contributed by atoms with Crippen LogP contribution >= 0.6 is 24.0 Å². The summed E-state index contributed by atoms with van der Waals surface area (Å²) in [5, 5.41) is 9.13. The van der Waals surface area contributed by atoms with Crippen LogP contribution in [0.2, 0.25) is 0 Å². The minimum absolute atomic E-state index is 0. The second-order valence-electron chi connectivity index (χ2n) is 7.53. The van der Waals surface area contributed by atoms with Crippen molar-refractivity contribution in [1.82, 2.24) is 20.9 Å². The van der Waals surface area contributed by atoms with Gasteiger partial charge in [0.15, 0.2) is 5.96 Å². The molecule has 1 rings (SSSR count). The van der Waals surface area contributed by atoms with Gasteiger partial charge in [0.05, 0.1) is 0 Å². The predicted octanol–water partition coefficient (Wildman–Crippen LogP) is 2.59. The molecular formula is C20H34IN5O3. The van der Waals surface area contributed by atoms with E-state index in [9.17, 15) is 9.59 Å². The molecule has 0 heterocycles. The van der Waals surface area contributed by atoms with Gasteiger partial charge in [0.2, 0.25) is 0 Å². The Hall–Kier alpha value is -2.04. The average Bonchev–Trinajstić information content (AvgIpc) is 2.62. The first-order valence-electron chi connectivity index (χ1n) is 9.34. The molecule has 0 aliphatic rings. The average molecular weight is 519 g/mol. The van der Waals surface area contributed by atoms with Crippen molar-refractivity contribution in [3.05, 3.63) is 35.4 Å². The van der Waals surface area contributed by atoms with Crippen molar-refractivity contribution in [3.63, 3.8) is 0 Å². The molecule has 8 nitrogen and oxygen atoms in total. The third kappa shape index (κ3) is 11.5. The van der Waals surface area contributed by atoms with E-state index in [1.54, 1.807) is 26.0 Å². The predicted molar refractivity (Wildman–Crippen MR) is 127 cm³/mol. The molecule has 0 bridgehead atoms. The number of alkyl carbamates (subject to hydrolysis) is 1. The molecule has 164 valence electrons. The molecule has 0 aliphatic heterocycles. The van der Waals surface area contributed by atoms with E-state index in [1.165, 1.54) is 0 Å². The zero-order valence-electron chi connectivity index (χ0n) is 18.2. The summed E-state index contributed by atoms with van der Waals surface area (Å²) in [7, 11) is 5.17. The molecule has 0 radical (unpaired) electrons. The molecule has 9 heteroatoms. The first-order chi connectivity index (χ1) is 13.1. The van der Waals surface area contributed by atoms with Crippen LogP contribution in [0.5, 0.6) is 0 Å². The molecule has 1 aromatic carbocycles. The Morgan fingerprint density at radius 2 is 1.62 bits per heavy atom. The van der Waals surface area contributed by atoms with E-state index in [1.807, 2.05) is 45.0 Å². The van der Waals surface area contributed by atoms with Gasteiger partial charge in [-0.1, -0.05) is 12.1 Å². The van der Waals surface area contributed by atoms with Gasteiger partial charge in [-0.2, -0.15) is 0 Å². The number of guanidine groups is 1. The zero-order valence-corrected chi connectivity index (χ0v) is 20.5. The Morgan fingerprint density at radius 3 is 2.14 bits per heavy atom. The number of carbonyl (C=O) groups excluding carboxylic acids is 2. The molecule has 3 N–H and O–H groups in total. The van der Waals surface area contributed by atoms with Gasteiger partial charge in [0, 0.05) is 46.3 Å². The van der Waals surface area contributed by atoms with Crippen LogP contribution in [0.1, 0.15) is 43.1 Å². The van der Waals surface area contributed by atoms with E-state index in [4.69, 9.17) is 4.74 Å². The fourth-order valence-electron chi connectivity index (χ4n) is 2.23. The van der Waals surface area contributed by atoms with Crippen LogP contribution in [-0.2, 0) is 11.3 Å². The number of benzene rings is 1. The summed E-state index contributed by atoms with van der Waals surface area (Å²) in [5.74, 6) is 0.655. The summed E-state index contributed by atoms with van der Waals surface area (Å²) in [4.78, 5) is 29.2. The molecule has 1 aromatic rings. The summed E-state index contributed by atoms with van der Waals surface area (Å²) in [6.07, 6.45) is 0.326. The van der Waals surface area contributed by atoms with Gasteiger partial charge in [0.25, 0.3) is 5.91 Å². The highest BCUT2D eigenvalue weighted by Crippen LogP contribution is 2.07. The van der Waals surface area contributed by atoms with Gasteiger partial charge in [-0.15, -0.1) is 24.0 Å². The number of ether oxygens (including phenoxy) is 1. The van der Waals surface area contributed by atoms with Crippen LogP contribution in [-0.4, -0.2) is 62.7 Å². The lowest BCUT2D eigenvalue weighted by Gasteiger charge is -2.19. The number of hydrogen-bond acceptors (Lipinski definition) is 4. The molecule has 0 saturated carbocycles. The first-order valence-corrected chi connectivity index (χ1v) is 9.34. The Bertz CT molecular complexity index is 670. The van der Waals surface area contributed by atoms with Gasteiger partial charge in [-0.3, -0.25) is 9.79 Å². The number of nitrogens with zero attached hydrogens (tertiary/aromatic N) is 2. The van der Waals surface area contributed by atoms with Crippen molar-refractivity contribution in [3.8, 4) is 0 Å². The molecular weight excluding hydrogens is 485 g/mol. The monoisotopic (exact) mass is 519 g/mol. The summed E-state index contributed by atoms with van der Waals surface area (Å²) >= 11 is 0. The van der Waals surface area contributed by atoms with Crippen molar-refractivity contribution in [2.75, 3.05) is 34.2 Å². The summed E-state index contributed by atoms with van der Waals surface area (Å²) < 4.78 is 5.18. The van der Waals surface area contributed by atoms with Crippen molar-refractivity contribution in [1.29, 1.82) is 0 Å². The Balaban J connectivity index is 0.00000784. The lowest BCUT2D eigenvalue weighted by molar-refractivity contribution is 0.0527. The van der Waals surface area contributed by atoms with Crippen molar-refractivity contribution >= 4 is 41.9 Å². The van der Waals surface area contributed by atoms with Crippen LogP contribution in [0.25, 0.3) is 0 Å². The molecule has 0 saturated heterocycles. The van der Waals surface area contributed by atoms with Gasteiger partial charge >= 0.3 is 6.09 Å². The molecule has 29 heavy (non-hydrogen) atoms. The van der Waals surface area contributed by atoms with Crippen molar-refractivity contribution in [2.45, 2.75) is 39.3 Å². The van der Waals surface area contributed by atoms with Gasteiger partial charge < -0.3 is 25.6 Å². The summed E-state index contributed by atoms with van der Waals surface area (Å²) in [5.41, 5.74) is 1.21. The highest BCUT2D eigenvalue weighted by molar-refractivity contribution is 14.0. The second kappa shape index (κ2) is 13.2. The van der Waals surface area contributed by atoms with Gasteiger partial charge in [-0.05, 0) is 44.9 Å². The van der Waals surface area contributed by atoms with Gasteiger partial charge in [-0.25, -0.2) is 4.79 Å². The highest BCUT2D eigenvalue weighted by atomic mass is 127. The fraction of sp³-hybridized carbons (Fsp3) is 0.550. The van der Waals surface area contributed by atoms with E-state index < -0.39 is 11.7 Å². The molecule has 0 atom stereocenters. The summed E-state index contributed by atoms with van der Waals surface area (Å²) in [6, 6.07) is 7.47. The molecule has 0 unspecified atom stereocenters. The number of rotatable bonds is 7. The van der Waals surface area contributed by atoms with Crippen LogP contribution in [0.15, 0.2) is 29.3 Å². The minimum Gasteiger partial charge on any atom is -0.444 e. The van der Waals surface area contributed by atoms with Crippen LogP contribution in [0.3, 0.4) is 0 Å². The van der Waals surface area contributed by atoms with E-state index >= 15 is 0 Å². The minimum atomic E-state index is -0.494. The Morgan fingerprint density at radius 1 is 1.03 bits per heavy atom. The standard InChI is InChI=1S/C20H33N5O3.HI/c1-20(2,3)28-19(27)23-13-7-12-22-18(21-4)24-14-15-8-10-16(11-9-15)17(26)25(5)6;/h8-11H,7,12-14H2,1-6H3,(H,23,27)(H2,21,22,24);1H. The quantitative estimate of drug-likeness (QED) is 0.223. The van der Waals surface area contributed by atoms with E-state index in [0.29, 0.717) is 31.2 Å². The van der Waals surface area contributed by atoms with Crippen LogP contribution < -0.4 is 16.0 Å². The maximum absolute atomic E-state index is 11.9. The maximum Gasteiger partial charge on any atom is 0.407 e. The third-order valence-electron chi connectivity index (χ3n) is 3.60. The number of halogens is 1. The first kappa shape index (κ1) is 27.0. The maximum atomic E-state index is 11.9. The number of amides is 2. The van der Waals surface area contributed by atoms with Crippen LogP contribution in [0, 0.1) is 0 Å². The summed E-state index contributed by atoms with van der Waals surface area (Å²) in [6.45, 7) is 7.25. The molecule has 0 aromatic heterocycles. The topological polar surface area (TPSA) is 95.1 Å². The smallest absolute Gasteiger partial charge is 0.407 e. The fourth-order valence-corrected chi connectivity index (χ4v) is 2.23. The largest absolute Gasteiger partial charge is 0.444 e. The normalized spacial score (nSPS) is 11.2. The van der Waals surface area contributed by atoms with E-state index in [2.05, 4.69) is 20.9 Å². The lowest BCUT2D eigenvalue weighted by Crippen LogP contribution is -2.39. The number of nitrogens with one attached hydrogen (secondary N) is 3. The Labute approximate surface area is 190 Å². The lowest BCUT2D eigenvalue weighted by atomic mass is 10.1. The van der Waals surface area contributed by atoms with Crippen molar-refractivity contribution < 1.29 is 14.3 Å². The zero-order chi connectivity index (χ0) is 21.2. The van der Waals surface area contributed by atoms with Gasteiger partial charge in [0.1, 0.15) is 5.60 Å². The molecule has 2 amide bonds. The molecule has 0 aliphatic carbocycles. The SMILES string of the molecule is CN=C(NCCCNC(=O)OC(C)(C)C)NCc1ccc(C(=O)N(C)C)cc1.I. The number of hydrogen-bond donors (Lipinski definition) is 3. The molecule has 0 fully saturated rings. The number of carbonyl (C=O) groups is 2. The van der Waals surface area contributed by atoms with Crippen LogP contribution in [0.4, 0.5) is 4.79 Å². The van der Waals surface area contributed by atoms with E-state index in [0.717, 1.165) is 12.0 Å². The van der Waals surface area contributed by atoms with Crippen molar-refractivity contribution in [2.24, 2.45) is 4.99 Å². The third-order valence-corrected chi connectivity index (χ3v) is 3.60. The van der Waals surface area contributed by atoms with E-state index in [-0.39, 0.29) is 29.9 Å². The highest BCUT2D eigenvalue weighted by Gasteiger charge is 2.15. The second-order valence-corrected chi connectivity index (χ2v) is 7.53. The Kier molecular flexibility index (Phi) is 12.3. The number of aliphatic imine (C=N–C) groups is 1. The molecule has 0 spiro atoms.